The van der Waals surface area contributed by atoms with E-state index in [2.05, 4.69) is 24.1 Å². The Morgan fingerprint density at radius 3 is 2.48 bits per heavy atom. The van der Waals surface area contributed by atoms with Crippen LogP contribution in [0.3, 0.4) is 0 Å². The summed E-state index contributed by atoms with van der Waals surface area (Å²) in [6, 6.07) is 1.90. The molecular formula is C20H34N2O3. The van der Waals surface area contributed by atoms with Gasteiger partial charge in [-0.25, -0.2) is 4.98 Å². The van der Waals surface area contributed by atoms with E-state index in [1.807, 2.05) is 26.8 Å². The van der Waals surface area contributed by atoms with Gasteiger partial charge in [0, 0.05) is 12.2 Å². The zero-order valence-corrected chi connectivity index (χ0v) is 16.5. The fraction of sp³-hybridized carbons (Fsp3) is 0.700. The second kappa shape index (κ2) is 11.1. The number of rotatable bonds is 12. The third kappa shape index (κ3) is 7.02. The number of hydrogen-bond donors (Lipinski definition) is 1. The van der Waals surface area contributed by atoms with E-state index in [9.17, 15) is 4.79 Å². The average molecular weight is 351 g/mol. The van der Waals surface area contributed by atoms with E-state index in [4.69, 9.17) is 9.47 Å². The summed E-state index contributed by atoms with van der Waals surface area (Å²) < 4.78 is 11.5. The number of aryl methyl sites for hydroxylation is 1. The highest BCUT2D eigenvalue weighted by molar-refractivity contribution is 5.97. The topological polar surface area (TPSA) is 60.5 Å². The Bertz CT molecular complexity index is 524. The minimum absolute atomic E-state index is 0.116. The Morgan fingerprint density at radius 1 is 1.16 bits per heavy atom. The van der Waals surface area contributed by atoms with Gasteiger partial charge in [-0.15, -0.1) is 0 Å². The molecule has 0 aliphatic carbocycles. The first-order chi connectivity index (χ1) is 12.0. The van der Waals surface area contributed by atoms with Crippen molar-refractivity contribution in [2.75, 3.05) is 18.5 Å². The summed E-state index contributed by atoms with van der Waals surface area (Å²) in [6.07, 6.45) is 7.31. The molecule has 1 unspecified atom stereocenters. The predicted molar refractivity (Wildman–Crippen MR) is 102 cm³/mol. The molecule has 0 aromatic carbocycles. The Kier molecular flexibility index (Phi) is 9.50. The summed E-state index contributed by atoms with van der Waals surface area (Å²) in [7, 11) is 0. The summed E-state index contributed by atoms with van der Waals surface area (Å²) in [4.78, 5) is 17.1. The van der Waals surface area contributed by atoms with Crippen LogP contribution < -0.4 is 10.1 Å². The van der Waals surface area contributed by atoms with Gasteiger partial charge in [0.15, 0.2) is 0 Å². The van der Waals surface area contributed by atoms with Gasteiger partial charge in [0.05, 0.1) is 18.5 Å². The number of hydrogen-bond acceptors (Lipinski definition) is 4. The van der Waals surface area contributed by atoms with Crippen LogP contribution in [0.4, 0.5) is 5.69 Å². The second-order valence-corrected chi connectivity index (χ2v) is 6.69. The first kappa shape index (κ1) is 21.4. The summed E-state index contributed by atoms with van der Waals surface area (Å²) in [6.45, 7) is 11.3. The fourth-order valence-electron chi connectivity index (χ4n) is 2.45. The molecule has 0 radical (unpaired) electrons. The zero-order valence-electron chi connectivity index (χ0n) is 16.5. The molecular weight excluding hydrogens is 316 g/mol. The number of aromatic nitrogens is 1. The molecule has 0 bridgehead atoms. The summed E-state index contributed by atoms with van der Waals surface area (Å²) >= 11 is 0. The fourth-order valence-corrected chi connectivity index (χ4v) is 2.45. The van der Waals surface area contributed by atoms with Gasteiger partial charge in [-0.1, -0.05) is 40.0 Å². The third-order valence-electron chi connectivity index (χ3n) is 4.14. The lowest BCUT2D eigenvalue weighted by Crippen LogP contribution is -2.43. The maximum absolute atomic E-state index is 12.8. The molecule has 1 heterocycles. The van der Waals surface area contributed by atoms with Crippen LogP contribution in [0, 0.1) is 6.92 Å². The predicted octanol–water partition coefficient (Wildman–Crippen LogP) is 4.88. The first-order valence-corrected chi connectivity index (χ1v) is 9.51. The molecule has 0 aliphatic rings. The minimum atomic E-state index is -0.809. The van der Waals surface area contributed by atoms with Crippen molar-refractivity contribution in [3.05, 3.63) is 17.8 Å². The van der Waals surface area contributed by atoms with Gasteiger partial charge >= 0.3 is 0 Å². The monoisotopic (exact) mass is 350 g/mol. The summed E-state index contributed by atoms with van der Waals surface area (Å²) in [5.74, 6) is 0.512. The summed E-state index contributed by atoms with van der Waals surface area (Å²) in [5, 5.41) is 2.95. The molecule has 5 heteroatoms. The molecule has 1 N–H and O–H groups in total. The van der Waals surface area contributed by atoms with Crippen molar-refractivity contribution in [3.63, 3.8) is 0 Å². The number of pyridine rings is 1. The third-order valence-corrected chi connectivity index (χ3v) is 4.14. The molecule has 0 saturated heterocycles. The van der Waals surface area contributed by atoms with Crippen molar-refractivity contribution in [3.8, 4) is 5.88 Å². The highest BCUT2D eigenvalue weighted by Crippen LogP contribution is 2.24. The Hall–Kier alpha value is -1.62. The van der Waals surface area contributed by atoms with Crippen molar-refractivity contribution in [2.24, 2.45) is 0 Å². The highest BCUT2D eigenvalue weighted by Gasteiger charge is 2.33. The molecule has 25 heavy (non-hydrogen) atoms. The van der Waals surface area contributed by atoms with Crippen LogP contribution in [-0.4, -0.2) is 29.7 Å². The number of anilines is 1. The van der Waals surface area contributed by atoms with E-state index < -0.39 is 5.60 Å². The number of carbonyl (C=O) groups excluding carboxylic acids is 1. The molecule has 142 valence electrons. The lowest BCUT2D eigenvalue weighted by atomic mass is 9.97. The second-order valence-electron chi connectivity index (χ2n) is 6.69. The largest absolute Gasteiger partial charge is 0.477 e. The Morgan fingerprint density at radius 2 is 1.88 bits per heavy atom. The van der Waals surface area contributed by atoms with E-state index in [1.165, 1.54) is 0 Å². The highest BCUT2D eigenvalue weighted by atomic mass is 16.5. The van der Waals surface area contributed by atoms with Gasteiger partial charge < -0.3 is 14.8 Å². The molecule has 5 nitrogen and oxygen atoms in total. The summed E-state index contributed by atoms with van der Waals surface area (Å²) in [5.41, 5.74) is 0.780. The molecule has 1 aromatic heterocycles. The van der Waals surface area contributed by atoms with Crippen LogP contribution in [0.1, 0.15) is 71.8 Å². The van der Waals surface area contributed by atoms with Crippen molar-refractivity contribution < 1.29 is 14.3 Å². The van der Waals surface area contributed by atoms with Crippen molar-refractivity contribution in [1.82, 2.24) is 4.98 Å². The average Bonchev–Trinajstić information content (AvgIpc) is 2.60. The van der Waals surface area contributed by atoms with Crippen molar-refractivity contribution in [2.45, 2.75) is 78.7 Å². The molecule has 0 fully saturated rings. The van der Waals surface area contributed by atoms with Gasteiger partial charge in [-0.2, -0.15) is 0 Å². The van der Waals surface area contributed by atoms with E-state index in [-0.39, 0.29) is 5.91 Å². The van der Waals surface area contributed by atoms with Crippen LogP contribution in [0.15, 0.2) is 12.3 Å². The standard InChI is InChI=1S/C20H34N2O3/c1-6-9-11-20(5,25-12-8-3)19(23)22-17-14-16(4)18(21-15-17)24-13-10-7-2/h14-15H,6-13H2,1-5H3,(H,22,23). The van der Waals surface area contributed by atoms with Crippen LogP contribution >= 0.6 is 0 Å². The maximum Gasteiger partial charge on any atom is 0.256 e. The Balaban J connectivity index is 2.76. The van der Waals surface area contributed by atoms with Gasteiger partial charge in [-0.3, -0.25) is 4.79 Å². The number of nitrogens with one attached hydrogen (secondary N) is 1. The molecule has 1 amide bonds. The normalized spacial score (nSPS) is 13.3. The van der Waals surface area contributed by atoms with Gasteiger partial charge in [0.1, 0.15) is 5.60 Å². The lowest BCUT2D eigenvalue weighted by molar-refractivity contribution is -0.140. The van der Waals surface area contributed by atoms with Gasteiger partial charge in [0.25, 0.3) is 5.91 Å². The van der Waals surface area contributed by atoms with Gasteiger partial charge in [-0.05, 0) is 39.2 Å². The Labute approximate surface area is 152 Å². The number of amides is 1. The van der Waals surface area contributed by atoms with E-state index in [0.717, 1.165) is 37.7 Å². The number of unbranched alkanes of at least 4 members (excludes halogenated alkanes) is 2. The molecule has 1 rings (SSSR count). The van der Waals surface area contributed by atoms with Gasteiger partial charge in [0.2, 0.25) is 5.88 Å². The van der Waals surface area contributed by atoms with Crippen molar-refractivity contribution in [1.29, 1.82) is 0 Å². The number of carbonyl (C=O) groups is 1. The van der Waals surface area contributed by atoms with E-state index in [0.29, 0.717) is 31.2 Å². The van der Waals surface area contributed by atoms with Crippen LogP contribution in [0.25, 0.3) is 0 Å². The van der Waals surface area contributed by atoms with E-state index in [1.54, 1.807) is 6.20 Å². The van der Waals surface area contributed by atoms with Crippen LogP contribution in [0.5, 0.6) is 5.88 Å². The van der Waals surface area contributed by atoms with Crippen LogP contribution in [-0.2, 0) is 9.53 Å². The maximum atomic E-state index is 12.8. The first-order valence-electron chi connectivity index (χ1n) is 9.51. The quantitative estimate of drug-likeness (QED) is 0.546. The molecule has 0 aliphatic heterocycles. The molecule has 1 aromatic rings. The molecule has 0 spiro atoms. The molecule has 1 atom stereocenters. The number of ether oxygens (including phenoxy) is 2. The van der Waals surface area contributed by atoms with E-state index >= 15 is 0 Å². The molecule has 0 saturated carbocycles. The minimum Gasteiger partial charge on any atom is -0.477 e. The smallest absolute Gasteiger partial charge is 0.256 e. The lowest BCUT2D eigenvalue weighted by Gasteiger charge is -2.28. The SMILES string of the molecule is CCCCOc1ncc(NC(=O)C(C)(CCCC)OCCC)cc1C. The zero-order chi connectivity index (χ0) is 18.7. The number of nitrogens with zero attached hydrogens (tertiary/aromatic N) is 1. The van der Waals surface area contributed by atoms with Crippen molar-refractivity contribution >= 4 is 11.6 Å². The van der Waals surface area contributed by atoms with Crippen LogP contribution in [0.2, 0.25) is 0 Å².